The topological polar surface area (TPSA) is 26.3 Å². The number of esters is 1. The van der Waals surface area contributed by atoms with Crippen molar-refractivity contribution in [1.82, 2.24) is 0 Å². The number of ether oxygens (including phenoxy) is 1. The summed E-state index contributed by atoms with van der Waals surface area (Å²) in [6.07, 6.45) is 24.3. The summed E-state index contributed by atoms with van der Waals surface area (Å²) in [6.45, 7) is 8.42. The van der Waals surface area contributed by atoms with Crippen LogP contribution in [0.25, 0.3) is 0 Å². The number of rotatable bonds is 20. The normalized spacial score (nSPS) is 12.1. The summed E-state index contributed by atoms with van der Waals surface area (Å²) in [6, 6.07) is 0. The van der Waals surface area contributed by atoms with Gasteiger partial charge in [0.05, 0.1) is 12.5 Å². The minimum absolute atomic E-state index is 0.0476. The molecule has 0 aromatic carbocycles. The van der Waals surface area contributed by atoms with Crippen molar-refractivity contribution in [3.05, 3.63) is 12.7 Å². The minimum Gasteiger partial charge on any atom is -0.465 e. The largest absolute Gasteiger partial charge is 0.465 e. The molecule has 1 atom stereocenters. The van der Waals surface area contributed by atoms with E-state index >= 15 is 0 Å². The minimum atomic E-state index is -0.0779. The summed E-state index contributed by atoms with van der Waals surface area (Å²) in [4.78, 5) is 11.6. The molecule has 0 rings (SSSR count). The van der Waals surface area contributed by atoms with E-state index in [9.17, 15) is 4.79 Å². The van der Waals surface area contributed by atoms with E-state index < -0.39 is 0 Å². The summed E-state index contributed by atoms with van der Waals surface area (Å²) in [5.41, 5.74) is 0. The lowest BCUT2D eigenvalue weighted by Gasteiger charge is -2.09. The van der Waals surface area contributed by atoms with Gasteiger partial charge in [0.25, 0.3) is 0 Å². The van der Waals surface area contributed by atoms with Crippen molar-refractivity contribution in [2.24, 2.45) is 5.92 Å². The van der Waals surface area contributed by atoms with Crippen molar-refractivity contribution >= 4 is 5.97 Å². The Morgan fingerprint density at radius 2 is 1.15 bits per heavy atom. The molecule has 0 spiro atoms. The molecular formula is C24H46O2. The van der Waals surface area contributed by atoms with Gasteiger partial charge in [-0.05, 0) is 12.8 Å². The Bertz CT molecular complexity index is 311. The Morgan fingerprint density at radius 1 is 0.769 bits per heavy atom. The van der Waals surface area contributed by atoms with E-state index in [0.717, 1.165) is 6.42 Å². The van der Waals surface area contributed by atoms with Gasteiger partial charge in [-0.15, -0.1) is 6.58 Å². The third kappa shape index (κ3) is 18.0. The zero-order valence-corrected chi connectivity index (χ0v) is 17.9. The van der Waals surface area contributed by atoms with Crippen LogP contribution in [0.3, 0.4) is 0 Å². The van der Waals surface area contributed by atoms with E-state index in [2.05, 4.69) is 13.5 Å². The summed E-state index contributed by atoms with van der Waals surface area (Å²) in [5, 5.41) is 0. The van der Waals surface area contributed by atoms with E-state index in [1.807, 2.05) is 6.92 Å². The van der Waals surface area contributed by atoms with Crippen LogP contribution in [0.1, 0.15) is 123 Å². The van der Waals surface area contributed by atoms with E-state index in [4.69, 9.17) is 4.74 Å². The fourth-order valence-corrected chi connectivity index (χ4v) is 3.31. The number of unbranched alkanes of at least 4 members (excludes halogenated alkanes) is 15. The van der Waals surface area contributed by atoms with E-state index in [1.54, 1.807) is 6.08 Å². The highest BCUT2D eigenvalue weighted by Crippen LogP contribution is 2.14. The van der Waals surface area contributed by atoms with Crippen LogP contribution in [0.4, 0.5) is 0 Å². The van der Waals surface area contributed by atoms with Crippen LogP contribution in [-0.2, 0) is 9.53 Å². The van der Waals surface area contributed by atoms with Gasteiger partial charge in [0.1, 0.15) is 0 Å². The third-order valence-corrected chi connectivity index (χ3v) is 5.16. The van der Waals surface area contributed by atoms with Crippen LogP contribution in [-0.4, -0.2) is 12.6 Å². The van der Waals surface area contributed by atoms with Gasteiger partial charge < -0.3 is 4.74 Å². The maximum Gasteiger partial charge on any atom is 0.308 e. The molecule has 154 valence electrons. The van der Waals surface area contributed by atoms with Crippen LogP contribution in [0.15, 0.2) is 12.7 Å². The number of carbonyl (C=O) groups is 1. The third-order valence-electron chi connectivity index (χ3n) is 5.16. The zero-order valence-electron chi connectivity index (χ0n) is 17.9. The molecule has 0 bridgehead atoms. The van der Waals surface area contributed by atoms with Crippen LogP contribution in [0.2, 0.25) is 0 Å². The maximum atomic E-state index is 11.6. The van der Waals surface area contributed by atoms with Gasteiger partial charge in [-0.1, -0.05) is 116 Å². The fourth-order valence-electron chi connectivity index (χ4n) is 3.31. The van der Waals surface area contributed by atoms with Crippen LogP contribution >= 0.6 is 0 Å². The average molecular weight is 367 g/mol. The molecule has 0 aliphatic heterocycles. The summed E-state index contributed by atoms with van der Waals surface area (Å²) in [5.74, 6) is -0.126. The second kappa shape index (κ2) is 20.5. The number of carbonyl (C=O) groups excluding carboxylic acids is 1. The van der Waals surface area contributed by atoms with E-state index in [1.165, 1.54) is 96.3 Å². The predicted molar refractivity (Wildman–Crippen MR) is 114 cm³/mol. The number of hydrogen-bond donors (Lipinski definition) is 0. The van der Waals surface area contributed by atoms with Gasteiger partial charge >= 0.3 is 5.97 Å². The van der Waals surface area contributed by atoms with Crippen molar-refractivity contribution in [1.29, 1.82) is 0 Å². The molecule has 0 saturated heterocycles. The van der Waals surface area contributed by atoms with Gasteiger partial charge in [-0.3, -0.25) is 4.79 Å². The predicted octanol–water partition coefficient (Wildman–Crippen LogP) is 8.00. The molecule has 0 aromatic rings. The Labute approximate surface area is 164 Å². The van der Waals surface area contributed by atoms with Crippen molar-refractivity contribution in [3.8, 4) is 0 Å². The first-order chi connectivity index (χ1) is 12.7. The number of hydrogen-bond acceptors (Lipinski definition) is 2. The molecule has 0 aromatic heterocycles. The highest BCUT2D eigenvalue weighted by molar-refractivity contribution is 5.72. The lowest BCUT2D eigenvalue weighted by molar-refractivity contribution is -0.147. The maximum absolute atomic E-state index is 11.6. The summed E-state index contributed by atoms with van der Waals surface area (Å²) >= 11 is 0. The molecular weight excluding hydrogens is 320 g/mol. The molecule has 0 heterocycles. The molecule has 0 saturated carbocycles. The van der Waals surface area contributed by atoms with Crippen molar-refractivity contribution in [2.75, 3.05) is 6.61 Å². The summed E-state index contributed by atoms with van der Waals surface area (Å²) in [7, 11) is 0. The van der Waals surface area contributed by atoms with E-state index in [0.29, 0.717) is 13.0 Å². The second-order valence-electron chi connectivity index (χ2n) is 7.90. The fraction of sp³-hybridized carbons (Fsp3) is 0.875. The Balaban J connectivity index is 3.13. The first kappa shape index (κ1) is 25.2. The van der Waals surface area contributed by atoms with Crippen molar-refractivity contribution in [2.45, 2.75) is 123 Å². The molecule has 0 amide bonds. The first-order valence-electron chi connectivity index (χ1n) is 11.5. The summed E-state index contributed by atoms with van der Waals surface area (Å²) < 4.78 is 5.29. The Morgan fingerprint density at radius 3 is 1.54 bits per heavy atom. The molecule has 2 nitrogen and oxygen atoms in total. The molecule has 1 unspecified atom stereocenters. The van der Waals surface area contributed by atoms with Gasteiger partial charge in [0, 0.05) is 0 Å². The molecule has 0 radical (unpaired) electrons. The van der Waals surface area contributed by atoms with Crippen LogP contribution in [0, 0.1) is 5.92 Å². The first-order valence-corrected chi connectivity index (χ1v) is 11.5. The molecule has 2 heteroatoms. The molecule has 26 heavy (non-hydrogen) atoms. The quantitative estimate of drug-likeness (QED) is 0.124. The highest BCUT2D eigenvalue weighted by Gasteiger charge is 2.11. The standard InChI is InChI=1S/C24H46O2/c1-4-6-7-8-9-10-11-12-13-14-15-16-17-18-19-20-22-26-24(25)23(3)21-5-2/h5,23H,2,4,6-22H2,1,3H3. The second-order valence-corrected chi connectivity index (χ2v) is 7.90. The van der Waals surface area contributed by atoms with E-state index in [-0.39, 0.29) is 11.9 Å². The lowest BCUT2D eigenvalue weighted by Crippen LogP contribution is -2.14. The van der Waals surface area contributed by atoms with Gasteiger partial charge in [-0.2, -0.15) is 0 Å². The van der Waals surface area contributed by atoms with Crippen molar-refractivity contribution < 1.29 is 9.53 Å². The van der Waals surface area contributed by atoms with Gasteiger partial charge in [0.15, 0.2) is 0 Å². The van der Waals surface area contributed by atoms with Gasteiger partial charge in [0.2, 0.25) is 0 Å². The smallest absolute Gasteiger partial charge is 0.308 e. The molecule has 0 N–H and O–H groups in total. The van der Waals surface area contributed by atoms with Crippen LogP contribution < -0.4 is 0 Å². The van der Waals surface area contributed by atoms with Crippen molar-refractivity contribution in [3.63, 3.8) is 0 Å². The Hall–Kier alpha value is -0.790. The Kier molecular flexibility index (Phi) is 19.9. The molecule has 0 aliphatic carbocycles. The average Bonchev–Trinajstić information content (AvgIpc) is 2.64. The SMILES string of the molecule is C=CCC(C)C(=O)OCCCCCCCCCCCCCCCCCC. The molecule has 0 fully saturated rings. The lowest BCUT2D eigenvalue weighted by atomic mass is 10.0. The monoisotopic (exact) mass is 366 g/mol. The molecule has 0 aliphatic rings. The van der Waals surface area contributed by atoms with Crippen LogP contribution in [0.5, 0.6) is 0 Å². The number of allylic oxidation sites excluding steroid dienone is 1. The zero-order chi connectivity index (χ0) is 19.3. The van der Waals surface area contributed by atoms with Gasteiger partial charge in [-0.25, -0.2) is 0 Å². The highest BCUT2D eigenvalue weighted by atomic mass is 16.5.